The number of halogens is 1. The smallest absolute Gasteiger partial charge is 0.255 e. The lowest BCUT2D eigenvalue weighted by atomic mass is 10.1. The fourth-order valence-electron chi connectivity index (χ4n) is 2.80. The molecule has 1 amide bonds. The largest absolute Gasteiger partial charge is 0.497 e. The Balaban J connectivity index is 1.59. The molecule has 0 aliphatic carbocycles. The van der Waals surface area contributed by atoms with E-state index >= 15 is 0 Å². The van der Waals surface area contributed by atoms with Gasteiger partial charge in [0.1, 0.15) is 11.6 Å². The van der Waals surface area contributed by atoms with E-state index < -0.39 is 0 Å². The summed E-state index contributed by atoms with van der Waals surface area (Å²) in [5.41, 5.74) is 2.34. The highest BCUT2D eigenvalue weighted by molar-refractivity contribution is 7.98. The second kappa shape index (κ2) is 10.1. The molecule has 2 N–H and O–H groups in total. The summed E-state index contributed by atoms with van der Waals surface area (Å²) in [4.78, 5) is 31.9. The summed E-state index contributed by atoms with van der Waals surface area (Å²) in [5, 5.41) is 3.27. The number of benzene rings is 2. The van der Waals surface area contributed by atoms with E-state index in [1.807, 2.05) is 24.3 Å². The summed E-state index contributed by atoms with van der Waals surface area (Å²) >= 11 is 1.34. The predicted octanol–water partition coefficient (Wildman–Crippen LogP) is 3.38. The summed E-state index contributed by atoms with van der Waals surface area (Å²) in [7, 11) is 1.58. The number of amides is 1. The number of aromatic nitrogens is 2. The maximum Gasteiger partial charge on any atom is 0.255 e. The van der Waals surface area contributed by atoms with Crippen LogP contribution >= 0.6 is 11.8 Å². The summed E-state index contributed by atoms with van der Waals surface area (Å²) in [6, 6.07) is 13.6. The molecule has 0 saturated heterocycles. The minimum atomic E-state index is -0.333. The molecule has 0 fully saturated rings. The van der Waals surface area contributed by atoms with E-state index in [0.717, 1.165) is 11.1 Å². The second-order valence-corrected chi connectivity index (χ2v) is 7.62. The van der Waals surface area contributed by atoms with Gasteiger partial charge in [0.25, 0.3) is 5.56 Å². The molecule has 6 nitrogen and oxygen atoms in total. The van der Waals surface area contributed by atoms with Gasteiger partial charge in [0.15, 0.2) is 5.16 Å². The summed E-state index contributed by atoms with van der Waals surface area (Å²) < 4.78 is 18.2. The topological polar surface area (TPSA) is 84.1 Å². The van der Waals surface area contributed by atoms with Crippen molar-refractivity contribution in [3.05, 3.63) is 87.1 Å². The minimum absolute atomic E-state index is 0.0545. The van der Waals surface area contributed by atoms with Gasteiger partial charge in [-0.25, -0.2) is 9.37 Å². The van der Waals surface area contributed by atoms with Gasteiger partial charge in [-0.1, -0.05) is 36.0 Å². The quantitative estimate of drug-likeness (QED) is 0.425. The summed E-state index contributed by atoms with van der Waals surface area (Å²) in [6.07, 6.45) is -0.0545. The monoisotopic (exact) mass is 427 g/mol. The van der Waals surface area contributed by atoms with Crippen LogP contribution in [0.5, 0.6) is 5.75 Å². The molecule has 156 valence electrons. The zero-order valence-corrected chi connectivity index (χ0v) is 17.5. The standard InChI is InChI=1S/C22H22FN3O3S/c1-14-19(11-20(27)24-12-16-4-3-5-18(10-16)29-2)21(28)26-22(25-14)30-13-15-6-8-17(23)9-7-15/h3-10H,11-13H2,1-2H3,(H,24,27)(H,25,26,28). The molecule has 0 radical (unpaired) electrons. The number of ether oxygens (including phenoxy) is 1. The van der Waals surface area contributed by atoms with E-state index in [-0.39, 0.29) is 23.7 Å². The van der Waals surface area contributed by atoms with Crippen LogP contribution in [0.3, 0.4) is 0 Å². The van der Waals surface area contributed by atoms with Gasteiger partial charge in [-0.15, -0.1) is 0 Å². The molecule has 0 aliphatic rings. The number of hydrogen-bond donors (Lipinski definition) is 2. The second-order valence-electron chi connectivity index (χ2n) is 6.66. The van der Waals surface area contributed by atoms with Crippen molar-refractivity contribution in [3.63, 3.8) is 0 Å². The third-order valence-electron chi connectivity index (χ3n) is 4.45. The molecule has 0 spiro atoms. The van der Waals surface area contributed by atoms with Gasteiger partial charge in [-0.05, 0) is 42.3 Å². The maximum atomic E-state index is 13.0. The van der Waals surface area contributed by atoms with Crippen LogP contribution in [0.2, 0.25) is 0 Å². The molecule has 1 aromatic heterocycles. The van der Waals surface area contributed by atoms with E-state index in [0.29, 0.717) is 34.5 Å². The van der Waals surface area contributed by atoms with E-state index in [1.165, 1.54) is 23.9 Å². The maximum absolute atomic E-state index is 13.0. The van der Waals surface area contributed by atoms with Crippen LogP contribution in [0.1, 0.15) is 22.4 Å². The molecular weight excluding hydrogens is 405 g/mol. The Hall–Kier alpha value is -3.13. The Morgan fingerprint density at radius 2 is 1.97 bits per heavy atom. The molecule has 8 heteroatoms. The number of carbonyl (C=O) groups is 1. The van der Waals surface area contributed by atoms with Crippen LogP contribution in [-0.2, 0) is 23.5 Å². The number of carbonyl (C=O) groups excluding carboxylic acids is 1. The molecule has 2 aromatic carbocycles. The first-order valence-electron chi connectivity index (χ1n) is 9.31. The van der Waals surface area contributed by atoms with Crippen LogP contribution in [0.25, 0.3) is 0 Å². The molecular formula is C22H22FN3O3S. The SMILES string of the molecule is COc1cccc(CNC(=O)Cc2c(C)nc(SCc3ccc(F)cc3)[nH]c2=O)c1. The zero-order chi connectivity index (χ0) is 21.5. The molecule has 0 unspecified atom stereocenters. The lowest BCUT2D eigenvalue weighted by Crippen LogP contribution is -2.28. The minimum Gasteiger partial charge on any atom is -0.497 e. The van der Waals surface area contributed by atoms with Crippen LogP contribution in [0.4, 0.5) is 4.39 Å². The molecule has 0 bridgehead atoms. The summed E-state index contributed by atoms with van der Waals surface area (Å²) in [6.45, 7) is 2.05. The molecule has 1 heterocycles. The number of methoxy groups -OCH3 is 1. The predicted molar refractivity (Wildman–Crippen MR) is 114 cm³/mol. The average Bonchev–Trinajstić information content (AvgIpc) is 2.74. The van der Waals surface area contributed by atoms with Crippen molar-refractivity contribution < 1.29 is 13.9 Å². The van der Waals surface area contributed by atoms with Crippen LogP contribution in [0.15, 0.2) is 58.5 Å². The van der Waals surface area contributed by atoms with E-state index in [2.05, 4.69) is 15.3 Å². The van der Waals surface area contributed by atoms with Crippen molar-refractivity contribution >= 4 is 17.7 Å². The van der Waals surface area contributed by atoms with Gasteiger partial charge in [-0.3, -0.25) is 9.59 Å². The Labute approximate surface area is 177 Å². The zero-order valence-electron chi connectivity index (χ0n) is 16.7. The van der Waals surface area contributed by atoms with Gasteiger partial charge in [-0.2, -0.15) is 0 Å². The Morgan fingerprint density at radius 1 is 1.20 bits per heavy atom. The van der Waals surface area contributed by atoms with Crippen LogP contribution in [-0.4, -0.2) is 23.0 Å². The van der Waals surface area contributed by atoms with Gasteiger partial charge in [0, 0.05) is 23.6 Å². The fourth-order valence-corrected chi connectivity index (χ4v) is 3.66. The third-order valence-corrected chi connectivity index (χ3v) is 5.39. The number of hydrogen-bond acceptors (Lipinski definition) is 5. The van der Waals surface area contributed by atoms with E-state index in [4.69, 9.17) is 4.74 Å². The van der Waals surface area contributed by atoms with Crippen molar-refractivity contribution in [2.45, 2.75) is 30.8 Å². The van der Waals surface area contributed by atoms with Gasteiger partial charge in [0.05, 0.1) is 13.5 Å². The van der Waals surface area contributed by atoms with Crippen LogP contribution in [0, 0.1) is 12.7 Å². The molecule has 0 saturated carbocycles. The van der Waals surface area contributed by atoms with Crippen molar-refractivity contribution in [2.24, 2.45) is 0 Å². The first kappa shape index (κ1) is 21.6. The summed E-state index contributed by atoms with van der Waals surface area (Å²) in [5.74, 6) is 0.704. The lowest BCUT2D eigenvalue weighted by Gasteiger charge is -2.09. The number of H-pyrrole nitrogens is 1. The highest BCUT2D eigenvalue weighted by atomic mass is 32.2. The van der Waals surface area contributed by atoms with Gasteiger partial charge >= 0.3 is 0 Å². The van der Waals surface area contributed by atoms with Gasteiger partial charge in [0.2, 0.25) is 5.91 Å². The highest BCUT2D eigenvalue weighted by Gasteiger charge is 2.13. The Kier molecular flexibility index (Phi) is 7.24. The van der Waals surface area contributed by atoms with Crippen molar-refractivity contribution in [1.82, 2.24) is 15.3 Å². The van der Waals surface area contributed by atoms with Crippen molar-refractivity contribution in [2.75, 3.05) is 7.11 Å². The van der Waals surface area contributed by atoms with E-state index in [9.17, 15) is 14.0 Å². The lowest BCUT2D eigenvalue weighted by molar-refractivity contribution is -0.120. The van der Waals surface area contributed by atoms with Gasteiger partial charge < -0.3 is 15.0 Å². The first-order valence-corrected chi connectivity index (χ1v) is 10.3. The molecule has 0 atom stereocenters. The number of nitrogens with zero attached hydrogens (tertiary/aromatic N) is 1. The Bertz CT molecular complexity index is 1080. The average molecular weight is 428 g/mol. The fraction of sp³-hybridized carbons (Fsp3) is 0.227. The Morgan fingerprint density at radius 3 is 2.67 bits per heavy atom. The van der Waals surface area contributed by atoms with E-state index in [1.54, 1.807) is 26.2 Å². The number of aromatic amines is 1. The number of thioether (sulfide) groups is 1. The molecule has 30 heavy (non-hydrogen) atoms. The van der Waals surface area contributed by atoms with Crippen molar-refractivity contribution in [3.8, 4) is 5.75 Å². The highest BCUT2D eigenvalue weighted by Crippen LogP contribution is 2.19. The number of aryl methyl sites for hydroxylation is 1. The first-order chi connectivity index (χ1) is 14.4. The van der Waals surface area contributed by atoms with Crippen LogP contribution < -0.4 is 15.6 Å². The van der Waals surface area contributed by atoms with Crippen molar-refractivity contribution in [1.29, 1.82) is 0 Å². The number of nitrogens with one attached hydrogen (secondary N) is 2. The third kappa shape index (κ3) is 5.93. The molecule has 0 aliphatic heterocycles. The molecule has 3 aromatic rings. The molecule has 3 rings (SSSR count). The number of rotatable bonds is 8. The normalized spacial score (nSPS) is 10.6.